The number of hydrogen-bond acceptors (Lipinski definition) is 3. The number of alkyl halides is 4. The van der Waals surface area contributed by atoms with Gasteiger partial charge in [-0.2, -0.15) is 13.2 Å². The Morgan fingerprint density at radius 2 is 1.77 bits per heavy atom. The first-order valence-electron chi connectivity index (χ1n) is 13.4. The summed E-state index contributed by atoms with van der Waals surface area (Å²) in [5, 5.41) is 0. The molecule has 0 aromatic heterocycles. The molecule has 212 valence electrons. The number of likely N-dealkylation sites (tertiary alicyclic amines) is 1. The van der Waals surface area contributed by atoms with Gasteiger partial charge in [-0.3, -0.25) is 4.79 Å². The van der Waals surface area contributed by atoms with Gasteiger partial charge in [0.1, 0.15) is 15.7 Å². The van der Waals surface area contributed by atoms with Gasteiger partial charge in [-0.1, -0.05) is 30.3 Å². The zero-order chi connectivity index (χ0) is 28.2. The van der Waals surface area contributed by atoms with E-state index in [0.29, 0.717) is 56.7 Å². The number of hydrogen-bond donors (Lipinski definition) is 0. The van der Waals surface area contributed by atoms with Crippen molar-refractivity contribution in [3.05, 3.63) is 70.5 Å². The molecule has 3 unspecified atom stereocenters. The van der Waals surface area contributed by atoms with Crippen molar-refractivity contribution in [3.8, 4) is 0 Å². The predicted octanol–water partition coefficient (Wildman–Crippen LogP) is 5.82. The number of carbonyl (C=O) groups is 1. The van der Waals surface area contributed by atoms with Crippen molar-refractivity contribution >= 4 is 15.7 Å². The maximum Gasteiger partial charge on any atom is 0.426 e. The second-order valence-corrected chi connectivity index (χ2v) is 13.8. The summed E-state index contributed by atoms with van der Waals surface area (Å²) in [6, 6.07) is 9.95. The second-order valence-electron chi connectivity index (χ2n) is 11.5. The number of carbonyl (C=O) groups excluding carboxylic acids is 1. The van der Waals surface area contributed by atoms with Crippen molar-refractivity contribution in [2.45, 2.75) is 75.2 Å². The Labute approximate surface area is 225 Å². The lowest BCUT2D eigenvalue weighted by Crippen LogP contribution is -2.61. The predicted molar refractivity (Wildman–Crippen MR) is 137 cm³/mol. The van der Waals surface area contributed by atoms with Crippen LogP contribution in [0.5, 0.6) is 0 Å². The number of sulfone groups is 1. The molecule has 2 aliphatic heterocycles. The molecule has 3 aliphatic rings. The average molecular weight is 570 g/mol. The van der Waals surface area contributed by atoms with Gasteiger partial charge >= 0.3 is 6.18 Å². The van der Waals surface area contributed by atoms with Crippen LogP contribution in [0.25, 0.3) is 0 Å². The van der Waals surface area contributed by atoms with Crippen LogP contribution in [0.15, 0.2) is 42.5 Å². The molecule has 5 rings (SSSR count). The third-order valence-electron chi connectivity index (χ3n) is 9.03. The van der Waals surface area contributed by atoms with E-state index in [1.165, 1.54) is 24.3 Å². The molecule has 4 nitrogen and oxygen atoms in total. The van der Waals surface area contributed by atoms with Gasteiger partial charge < -0.3 is 4.90 Å². The Morgan fingerprint density at radius 3 is 2.44 bits per heavy atom. The first-order chi connectivity index (χ1) is 18.2. The second kappa shape index (κ2) is 9.85. The Hall–Kier alpha value is -2.49. The van der Waals surface area contributed by atoms with Crippen molar-refractivity contribution in [2.24, 2.45) is 5.92 Å². The van der Waals surface area contributed by atoms with E-state index in [1.54, 1.807) is 18.2 Å². The first kappa shape index (κ1) is 28.1. The molecule has 1 aliphatic carbocycles. The van der Waals surface area contributed by atoms with E-state index in [2.05, 4.69) is 0 Å². The molecule has 0 saturated carbocycles. The molecule has 3 atom stereocenters. The van der Waals surface area contributed by atoms with Crippen molar-refractivity contribution in [3.63, 3.8) is 0 Å². The summed E-state index contributed by atoms with van der Waals surface area (Å²) in [4.78, 5) is 15.6. The molecule has 1 amide bonds. The third-order valence-corrected chi connectivity index (χ3v) is 10.8. The zero-order valence-corrected chi connectivity index (χ0v) is 22.6. The van der Waals surface area contributed by atoms with Gasteiger partial charge in [0.2, 0.25) is 11.6 Å². The summed E-state index contributed by atoms with van der Waals surface area (Å²) in [6.07, 6.45) is -2.05. The molecule has 2 saturated heterocycles. The van der Waals surface area contributed by atoms with Crippen molar-refractivity contribution < 1.29 is 35.2 Å². The molecule has 0 spiro atoms. The maximum absolute atomic E-state index is 14.9. The van der Waals surface area contributed by atoms with Crippen LogP contribution in [0.1, 0.15) is 61.3 Å². The van der Waals surface area contributed by atoms with Crippen LogP contribution < -0.4 is 0 Å². The fourth-order valence-corrected chi connectivity index (χ4v) is 8.41. The third kappa shape index (κ3) is 5.09. The molecule has 0 radical (unpaired) electrons. The average Bonchev–Trinajstić information content (AvgIpc) is 2.87. The van der Waals surface area contributed by atoms with Crippen LogP contribution in [0, 0.1) is 11.7 Å². The SMILES string of the molecule is CC(F)(c1ccc2c(c1)CCC1N(C(=O)C3CCS(=O)(=O)CC3)CCCC21Cc1cccc(F)c1)C(F)(F)F. The van der Waals surface area contributed by atoms with E-state index in [0.717, 1.165) is 5.56 Å². The zero-order valence-electron chi connectivity index (χ0n) is 21.7. The fraction of sp³-hybridized carbons (Fsp3) is 0.552. The summed E-state index contributed by atoms with van der Waals surface area (Å²) >= 11 is 0. The highest BCUT2D eigenvalue weighted by Gasteiger charge is 2.55. The highest BCUT2D eigenvalue weighted by molar-refractivity contribution is 7.91. The topological polar surface area (TPSA) is 54.5 Å². The number of nitrogens with zero attached hydrogens (tertiary/aromatic N) is 1. The molecule has 39 heavy (non-hydrogen) atoms. The molecule has 10 heteroatoms. The maximum atomic E-state index is 14.9. The van der Waals surface area contributed by atoms with E-state index in [4.69, 9.17) is 0 Å². The van der Waals surface area contributed by atoms with E-state index >= 15 is 0 Å². The van der Waals surface area contributed by atoms with Crippen molar-refractivity contribution in [1.82, 2.24) is 4.90 Å². The summed E-state index contributed by atoms with van der Waals surface area (Å²) in [5.74, 6) is -0.947. The quantitative estimate of drug-likeness (QED) is 0.437. The van der Waals surface area contributed by atoms with Gasteiger partial charge in [-0.25, -0.2) is 17.2 Å². The molecule has 2 aromatic carbocycles. The Morgan fingerprint density at radius 1 is 1.05 bits per heavy atom. The number of halogens is 5. The minimum absolute atomic E-state index is 0.0246. The molecule has 2 heterocycles. The van der Waals surface area contributed by atoms with Crippen LogP contribution in [0.2, 0.25) is 0 Å². The number of benzene rings is 2. The highest BCUT2D eigenvalue weighted by Crippen LogP contribution is 2.50. The minimum atomic E-state index is -5.07. The van der Waals surface area contributed by atoms with Crippen LogP contribution >= 0.6 is 0 Å². The minimum Gasteiger partial charge on any atom is -0.339 e. The van der Waals surface area contributed by atoms with E-state index in [1.807, 2.05) is 4.90 Å². The number of aryl methyl sites for hydroxylation is 1. The van der Waals surface area contributed by atoms with Crippen molar-refractivity contribution in [1.29, 1.82) is 0 Å². The van der Waals surface area contributed by atoms with E-state index in [-0.39, 0.29) is 36.3 Å². The molecule has 0 N–H and O–H groups in total. The largest absolute Gasteiger partial charge is 0.426 e. The van der Waals surface area contributed by atoms with Gasteiger partial charge in [0.05, 0.1) is 11.5 Å². The van der Waals surface area contributed by atoms with Gasteiger partial charge in [0.15, 0.2) is 0 Å². The van der Waals surface area contributed by atoms with Gasteiger partial charge in [0, 0.05) is 23.9 Å². The smallest absolute Gasteiger partial charge is 0.339 e. The summed E-state index contributed by atoms with van der Waals surface area (Å²) in [5.41, 5.74) is -2.56. The summed E-state index contributed by atoms with van der Waals surface area (Å²) in [6.45, 7) is 1.02. The monoisotopic (exact) mass is 569 g/mol. The lowest BCUT2D eigenvalue weighted by molar-refractivity contribution is -0.228. The Kier molecular flexibility index (Phi) is 7.09. The van der Waals surface area contributed by atoms with E-state index in [9.17, 15) is 35.2 Å². The molecule has 2 fully saturated rings. The number of rotatable bonds is 4. The van der Waals surface area contributed by atoms with Gasteiger partial charge in [-0.15, -0.1) is 0 Å². The first-order valence-corrected chi connectivity index (χ1v) is 15.2. The molecular formula is C29H32F5NO3S. The van der Waals surface area contributed by atoms with E-state index < -0.39 is 44.4 Å². The molecule has 0 bridgehead atoms. The Balaban J connectivity index is 1.56. The van der Waals surface area contributed by atoms with Crippen LogP contribution in [0.3, 0.4) is 0 Å². The Bertz CT molecular complexity index is 1360. The fourth-order valence-electron chi connectivity index (χ4n) is 6.91. The normalized spacial score (nSPS) is 26.8. The summed E-state index contributed by atoms with van der Waals surface area (Å²) in [7, 11) is -3.14. The number of fused-ring (bicyclic) bond motifs is 3. The number of amides is 1. The van der Waals surface area contributed by atoms with Crippen LogP contribution in [-0.4, -0.2) is 49.5 Å². The van der Waals surface area contributed by atoms with Crippen LogP contribution in [0.4, 0.5) is 22.0 Å². The number of piperidine rings is 1. The van der Waals surface area contributed by atoms with Gasteiger partial charge in [-0.05, 0) is 86.3 Å². The van der Waals surface area contributed by atoms with Gasteiger partial charge in [0.25, 0.3) is 0 Å². The lowest BCUT2D eigenvalue weighted by atomic mass is 9.59. The lowest BCUT2D eigenvalue weighted by Gasteiger charge is -2.54. The molecule has 2 aromatic rings. The van der Waals surface area contributed by atoms with Crippen molar-refractivity contribution in [2.75, 3.05) is 18.1 Å². The molecular weight excluding hydrogens is 537 g/mol. The van der Waals surface area contributed by atoms with Crippen LogP contribution in [-0.2, 0) is 38.6 Å². The highest BCUT2D eigenvalue weighted by atomic mass is 32.2. The summed E-state index contributed by atoms with van der Waals surface area (Å²) < 4.78 is 93.4. The standard InChI is InChI=1S/C29H32F5NO3S/c1-27(31,29(32,33)34)22-7-8-24-21(17-22)6-9-25-28(24,18-19-4-2-5-23(30)16-19)12-3-13-35(25)26(36)20-10-14-39(37,38)15-11-20/h2,4-5,7-8,16-17,20,25H,3,6,9-15,18H2,1H3.